The third kappa shape index (κ3) is 3.18. The second kappa shape index (κ2) is 6.36. The molecule has 3 amide bonds. The third-order valence-electron chi connectivity index (χ3n) is 4.23. The van der Waals surface area contributed by atoms with Gasteiger partial charge in [-0.3, -0.25) is 9.59 Å². The summed E-state index contributed by atoms with van der Waals surface area (Å²) in [5.74, 6) is -0.776. The van der Waals surface area contributed by atoms with E-state index in [0.29, 0.717) is 31.5 Å². The van der Waals surface area contributed by atoms with E-state index in [0.717, 1.165) is 4.90 Å². The molecule has 0 aliphatic carbocycles. The first-order chi connectivity index (χ1) is 11.1. The number of hydrogen-bond acceptors (Lipinski definition) is 4. The number of halogens is 1. The van der Waals surface area contributed by atoms with E-state index in [-0.39, 0.29) is 36.7 Å². The molecule has 2 heterocycles. The molecule has 1 aromatic rings. The van der Waals surface area contributed by atoms with Gasteiger partial charge in [0.15, 0.2) is 6.61 Å². The zero-order valence-electron chi connectivity index (χ0n) is 12.5. The fraction of sp³-hybridized carbons (Fsp3) is 0.438. The molecule has 0 saturated carbocycles. The van der Waals surface area contributed by atoms with Crippen LogP contribution in [-0.2, 0) is 20.7 Å². The van der Waals surface area contributed by atoms with E-state index >= 15 is 0 Å². The van der Waals surface area contributed by atoms with Crippen molar-refractivity contribution in [2.75, 3.05) is 19.7 Å². The quantitative estimate of drug-likeness (QED) is 0.839. The van der Waals surface area contributed by atoms with Crippen LogP contribution in [0.5, 0.6) is 0 Å². The van der Waals surface area contributed by atoms with Gasteiger partial charge >= 0.3 is 6.09 Å². The first-order valence-corrected chi connectivity index (χ1v) is 7.56. The smallest absolute Gasteiger partial charge is 0.417 e. The number of cyclic esters (lactones) is 1. The summed E-state index contributed by atoms with van der Waals surface area (Å²) < 4.78 is 18.2. The van der Waals surface area contributed by atoms with Crippen LogP contribution in [0.2, 0.25) is 0 Å². The lowest BCUT2D eigenvalue weighted by molar-refractivity contribution is -0.131. The Balaban J connectivity index is 1.54. The van der Waals surface area contributed by atoms with Gasteiger partial charge in [0.2, 0.25) is 5.91 Å². The number of carbonyl (C=O) groups is 3. The van der Waals surface area contributed by atoms with E-state index in [2.05, 4.69) is 0 Å². The zero-order chi connectivity index (χ0) is 16.4. The fourth-order valence-electron chi connectivity index (χ4n) is 3.00. The van der Waals surface area contributed by atoms with Gasteiger partial charge in [-0.15, -0.1) is 0 Å². The SMILES string of the molecule is O=C(CCc1ccccc1F)N1CC[C@H](N2C(=O)COC2=O)C1. The molecule has 0 unspecified atom stereocenters. The van der Waals surface area contributed by atoms with Crippen molar-refractivity contribution in [3.8, 4) is 0 Å². The van der Waals surface area contributed by atoms with E-state index in [1.54, 1.807) is 23.1 Å². The minimum Gasteiger partial charge on any atom is -0.439 e. The number of aryl methyl sites for hydroxylation is 1. The zero-order valence-corrected chi connectivity index (χ0v) is 12.5. The molecule has 2 aliphatic rings. The summed E-state index contributed by atoms with van der Waals surface area (Å²) >= 11 is 0. The number of carbonyl (C=O) groups excluding carboxylic acids is 3. The van der Waals surface area contributed by atoms with E-state index < -0.39 is 6.09 Å². The third-order valence-corrected chi connectivity index (χ3v) is 4.23. The van der Waals surface area contributed by atoms with Crippen LogP contribution >= 0.6 is 0 Å². The van der Waals surface area contributed by atoms with E-state index in [9.17, 15) is 18.8 Å². The van der Waals surface area contributed by atoms with Gasteiger partial charge in [0.1, 0.15) is 5.82 Å². The van der Waals surface area contributed by atoms with Gasteiger partial charge in [-0.05, 0) is 24.5 Å². The summed E-state index contributed by atoms with van der Waals surface area (Å²) in [5.41, 5.74) is 0.509. The molecule has 0 N–H and O–H groups in total. The summed E-state index contributed by atoms with van der Waals surface area (Å²) in [6.07, 6.45) is 0.441. The lowest BCUT2D eigenvalue weighted by Crippen LogP contribution is -2.42. The number of likely N-dealkylation sites (tertiary alicyclic amines) is 1. The Bertz CT molecular complexity index is 633. The highest BCUT2D eigenvalue weighted by Crippen LogP contribution is 2.21. The van der Waals surface area contributed by atoms with Gasteiger partial charge in [0.05, 0.1) is 6.04 Å². The van der Waals surface area contributed by atoms with Crippen LogP contribution in [-0.4, -0.2) is 53.4 Å². The van der Waals surface area contributed by atoms with Gasteiger partial charge in [-0.25, -0.2) is 14.1 Å². The largest absolute Gasteiger partial charge is 0.439 e. The van der Waals surface area contributed by atoms with Gasteiger partial charge in [0, 0.05) is 19.5 Å². The number of imide groups is 1. The van der Waals surface area contributed by atoms with Crippen molar-refractivity contribution in [3.05, 3.63) is 35.6 Å². The monoisotopic (exact) mass is 320 g/mol. The van der Waals surface area contributed by atoms with Crippen LogP contribution in [0.1, 0.15) is 18.4 Å². The molecular formula is C16H17FN2O4. The van der Waals surface area contributed by atoms with Crippen molar-refractivity contribution in [1.82, 2.24) is 9.80 Å². The van der Waals surface area contributed by atoms with Crippen LogP contribution in [0.25, 0.3) is 0 Å². The Morgan fingerprint density at radius 1 is 1.30 bits per heavy atom. The highest BCUT2D eigenvalue weighted by molar-refractivity contribution is 5.98. The van der Waals surface area contributed by atoms with Crippen molar-refractivity contribution in [2.24, 2.45) is 0 Å². The van der Waals surface area contributed by atoms with Crippen LogP contribution in [0.15, 0.2) is 24.3 Å². The molecule has 1 atom stereocenters. The van der Waals surface area contributed by atoms with Crippen molar-refractivity contribution >= 4 is 17.9 Å². The minimum atomic E-state index is -0.638. The molecular weight excluding hydrogens is 303 g/mol. The maximum Gasteiger partial charge on any atom is 0.417 e. The number of hydrogen-bond donors (Lipinski definition) is 0. The molecule has 23 heavy (non-hydrogen) atoms. The normalized spacial score (nSPS) is 21.0. The molecule has 0 bridgehead atoms. The van der Waals surface area contributed by atoms with Crippen molar-refractivity contribution < 1.29 is 23.5 Å². The average molecular weight is 320 g/mol. The predicted octanol–water partition coefficient (Wildman–Crippen LogP) is 1.34. The number of benzene rings is 1. The average Bonchev–Trinajstić information content (AvgIpc) is 3.13. The summed E-state index contributed by atoms with van der Waals surface area (Å²) in [7, 11) is 0. The lowest BCUT2D eigenvalue weighted by Gasteiger charge is -2.20. The molecule has 2 saturated heterocycles. The summed E-state index contributed by atoms with van der Waals surface area (Å²) in [4.78, 5) is 38.1. The van der Waals surface area contributed by atoms with Crippen LogP contribution in [0.4, 0.5) is 9.18 Å². The molecule has 1 aromatic carbocycles. The molecule has 0 spiro atoms. The molecule has 0 radical (unpaired) electrons. The van der Waals surface area contributed by atoms with Crippen molar-refractivity contribution in [1.29, 1.82) is 0 Å². The second-order valence-electron chi connectivity index (χ2n) is 5.69. The van der Waals surface area contributed by atoms with Gasteiger partial charge in [-0.1, -0.05) is 18.2 Å². The number of rotatable bonds is 4. The molecule has 7 heteroatoms. The van der Waals surface area contributed by atoms with Crippen LogP contribution in [0, 0.1) is 5.82 Å². The molecule has 2 fully saturated rings. The lowest BCUT2D eigenvalue weighted by atomic mass is 10.1. The molecule has 0 aromatic heterocycles. The van der Waals surface area contributed by atoms with Crippen molar-refractivity contribution in [2.45, 2.75) is 25.3 Å². The van der Waals surface area contributed by atoms with Crippen LogP contribution < -0.4 is 0 Å². The maximum absolute atomic E-state index is 13.5. The summed E-state index contributed by atoms with van der Waals surface area (Å²) in [6.45, 7) is 0.575. The first kappa shape index (κ1) is 15.5. The van der Waals surface area contributed by atoms with Gasteiger partial charge in [0.25, 0.3) is 5.91 Å². The van der Waals surface area contributed by atoms with E-state index in [1.165, 1.54) is 6.07 Å². The standard InChI is InChI=1S/C16H17FN2O4/c17-13-4-2-1-3-11(13)5-6-14(20)18-8-7-12(9-18)19-15(21)10-23-16(19)22/h1-4,12H,5-10H2/t12-/m0/s1. The molecule has 122 valence electrons. The molecule has 6 nitrogen and oxygen atoms in total. The Morgan fingerprint density at radius 3 is 2.78 bits per heavy atom. The molecule has 2 aliphatic heterocycles. The van der Waals surface area contributed by atoms with Gasteiger partial charge in [-0.2, -0.15) is 0 Å². The molecule has 3 rings (SSSR count). The van der Waals surface area contributed by atoms with Gasteiger partial charge < -0.3 is 9.64 Å². The summed E-state index contributed by atoms with van der Waals surface area (Å²) in [5, 5.41) is 0. The fourth-order valence-corrected chi connectivity index (χ4v) is 3.00. The first-order valence-electron chi connectivity index (χ1n) is 7.56. The second-order valence-corrected chi connectivity index (χ2v) is 5.69. The highest BCUT2D eigenvalue weighted by atomic mass is 19.1. The highest BCUT2D eigenvalue weighted by Gasteiger charge is 2.41. The van der Waals surface area contributed by atoms with Crippen LogP contribution in [0.3, 0.4) is 0 Å². The number of amides is 3. The Hall–Kier alpha value is -2.44. The summed E-state index contributed by atoms with van der Waals surface area (Å²) in [6, 6.07) is 6.05. The minimum absolute atomic E-state index is 0.101. The number of nitrogens with zero attached hydrogens (tertiary/aromatic N) is 2. The van der Waals surface area contributed by atoms with Crippen molar-refractivity contribution in [3.63, 3.8) is 0 Å². The van der Waals surface area contributed by atoms with E-state index in [4.69, 9.17) is 4.74 Å². The Morgan fingerprint density at radius 2 is 2.09 bits per heavy atom. The van der Waals surface area contributed by atoms with E-state index in [1.807, 2.05) is 0 Å². The predicted molar refractivity (Wildman–Crippen MR) is 77.9 cm³/mol. The topological polar surface area (TPSA) is 66.9 Å². The number of ether oxygens (including phenoxy) is 1. The Kier molecular flexibility index (Phi) is 4.27. The maximum atomic E-state index is 13.5. The Labute approximate surface area is 132 Å².